The van der Waals surface area contributed by atoms with E-state index in [2.05, 4.69) is 22.6 Å². The third kappa shape index (κ3) is 3.04. The molecule has 0 aliphatic rings. The van der Waals surface area contributed by atoms with Gasteiger partial charge in [0.15, 0.2) is 11.5 Å². The molecule has 0 bridgehead atoms. The summed E-state index contributed by atoms with van der Waals surface area (Å²) in [6.45, 7) is 0.649. The Morgan fingerprint density at radius 1 is 1.00 bits per heavy atom. The second-order valence-corrected chi connectivity index (χ2v) is 5.10. The fourth-order valence-electron chi connectivity index (χ4n) is 2.54. The van der Waals surface area contributed by atoms with Gasteiger partial charge in [-0.1, -0.05) is 0 Å². The van der Waals surface area contributed by atoms with Crippen molar-refractivity contribution in [2.24, 2.45) is 0 Å². The van der Waals surface area contributed by atoms with E-state index in [1.807, 2.05) is 30.3 Å². The van der Waals surface area contributed by atoms with Gasteiger partial charge in [-0.15, -0.1) is 0 Å². The summed E-state index contributed by atoms with van der Waals surface area (Å²) >= 11 is 0. The van der Waals surface area contributed by atoms with Gasteiger partial charge in [0.2, 0.25) is 5.75 Å². The van der Waals surface area contributed by atoms with Crippen LogP contribution in [-0.2, 0) is 6.54 Å². The molecule has 3 aromatic rings. The van der Waals surface area contributed by atoms with Crippen LogP contribution in [0.15, 0.2) is 36.4 Å². The molecular formula is C18H19N2O3. The number of benzene rings is 2. The van der Waals surface area contributed by atoms with Gasteiger partial charge < -0.3 is 24.5 Å². The van der Waals surface area contributed by atoms with Gasteiger partial charge in [0.05, 0.1) is 27.5 Å². The van der Waals surface area contributed by atoms with E-state index in [9.17, 15) is 0 Å². The van der Waals surface area contributed by atoms with E-state index in [-0.39, 0.29) is 0 Å². The summed E-state index contributed by atoms with van der Waals surface area (Å²) in [6.07, 6.45) is 2.98. The molecular weight excluding hydrogens is 292 g/mol. The van der Waals surface area contributed by atoms with Crippen LogP contribution >= 0.6 is 0 Å². The molecule has 0 unspecified atom stereocenters. The first-order valence-electron chi connectivity index (χ1n) is 7.26. The summed E-state index contributed by atoms with van der Waals surface area (Å²) in [5.41, 5.74) is 3.16. The zero-order valence-corrected chi connectivity index (χ0v) is 13.4. The van der Waals surface area contributed by atoms with Crippen LogP contribution in [0.4, 0.5) is 5.69 Å². The van der Waals surface area contributed by atoms with Gasteiger partial charge in [0.25, 0.3) is 0 Å². The Balaban J connectivity index is 1.81. The Kier molecular flexibility index (Phi) is 4.28. The number of anilines is 1. The Bertz CT molecular complexity index is 786. The SMILES string of the molecule is COc1cc(CNc2ccc3[nH][c]cc3c2)cc(OC)c1OC. The third-order valence-electron chi connectivity index (χ3n) is 3.71. The summed E-state index contributed by atoms with van der Waals surface area (Å²) in [5.74, 6) is 1.90. The quantitative estimate of drug-likeness (QED) is 0.730. The molecule has 119 valence electrons. The van der Waals surface area contributed by atoms with Gasteiger partial charge >= 0.3 is 0 Å². The zero-order chi connectivity index (χ0) is 16.2. The van der Waals surface area contributed by atoms with Crippen molar-refractivity contribution in [2.45, 2.75) is 6.54 Å². The fourth-order valence-corrected chi connectivity index (χ4v) is 2.54. The van der Waals surface area contributed by atoms with Crippen molar-refractivity contribution in [1.82, 2.24) is 4.98 Å². The molecule has 1 heterocycles. The number of methoxy groups -OCH3 is 3. The number of aromatic nitrogens is 1. The predicted molar refractivity (Wildman–Crippen MR) is 90.6 cm³/mol. The molecule has 1 radical (unpaired) electrons. The van der Waals surface area contributed by atoms with Crippen LogP contribution in [0.5, 0.6) is 17.2 Å². The molecule has 5 heteroatoms. The third-order valence-corrected chi connectivity index (χ3v) is 3.71. The van der Waals surface area contributed by atoms with Crippen molar-refractivity contribution in [1.29, 1.82) is 0 Å². The van der Waals surface area contributed by atoms with Crippen LogP contribution in [0.2, 0.25) is 0 Å². The van der Waals surface area contributed by atoms with E-state index in [1.165, 1.54) is 0 Å². The summed E-state index contributed by atoms with van der Waals surface area (Å²) < 4.78 is 16.1. The highest BCUT2D eigenvalue weighted by Gasteiger charge is 2.13. The standard InChI is InChI=1S/C18H19N2O3/c1-21-16-8-12(9-17(22-2)18(16)23-3)11-20-14-4-5-15-13(10-14)6-7-19-15/h4-6,8-10,19-20H,11H2,1-3H3. The molecule has 2 N–H and O–H groups in total. The lowest BCUT2D eigenvalue weighted by atomic mass is 10.1. The van der Waals surface area contributed by atoms with E-state index >= 15 is 0 Å². The largest absolute Gasteiger partial charge is 0.493 e. The van der Waals surface area contributed by atoms with Crippen molar-refractivity contribution in [3.05, 3.63) is 48.2 Å². The fraction of sp³-hybridized carbons (Fsp3) is 0.222. The highest BCUT2D eigenvalue weighted by Crippen LogP contribution is 2.38. The number of hydrogen-bond donors (Lipinski definition) is 2. The topological polar surface area (TPSA) is 55.5 Å². The predicted octanol–water partition coefficient (Wildman–Crippen LogP) is 3.61. The second kappa shape index (κ2) is 6.52. The van der Waals surface area contributed by atoms with E-state index in [0.29, 0.717) is 23.8 Å². The van der Waals surface area contributed by atoms with Crippen molar-refractivity contribution >= 4 is 16.6 Å². The molecule has 0 saturated heterocycles. The molecule has 3 rings (SSSR count). The first-order valence-corrected chi connectivity index (χ1v) is 7.26. The Morgan fingerprint density at radius 3 is 2.39 bits per heavy atom. The Morgan fingerprint density at radius 2 is 1.74 bits per heavy atom. The Labute approximate surface area is 135 Å². The van der Waals surface area contributed by atoms with E-state index in [1.54, 1.807) is 21.3 Å². The van der Waals surface area contributed by atoms with Crippen molar-refractivity contribution in [3.8, 4) is 17.2 Å². The molecule has 0 saturated carbocycles. The molecule has 1 aromatic heterocycles. The molecule has 0 aliphatic carbocycles. The maximum atomic E-state index is 5.38. The number of nitrogens with one attached hydrogen (secondary N) is 2. The van der Waals surface area contributed by atoms with Crippen molar-refractivity contribution < 1.29 is 14.2 Å². The van der Waals surface area contributed by atoms with Gasteiger partial charge in [-0.3, -0.25) is 0 Å². The van der Waals surface area contributed by atoms with Gasteiger partial charge in [-0.2, -0.15) is 0 Å². The average molecular weight is 311 g/mol. The maximum absolute atomic E-state index is 5.38. The summed E-state index contributed by atoms with van der Waals surface area (Å²) in [7, 11) is 4.83. The lowest BCUT2D eigenvalue weighted by Gasteiger charge is -2.15. The lowest BCUT2D eigenvalue weighted by Crippen LogP contribution is -2.02. The highest BCUT2D eigenvalue weighted by atomic mass is 16.5. The number of fused-ring (bicyclic) bond motifs is 1. The van der Waals surface area contributed by atoms with Crippen LogP contribution < -0.4 is 19.5 Å². The first-order chi connectivity index (χ1) is 11.2. The summed E-state index contributed by atoms with van der Waals surface area (Å²) in [6, 6.07) is 12.0. The van der Waals surface area contributed by atoms with Crippen LogP contribution in [0.3, 0.4) is 0 Å². The maximum Gasteiger partial charge on any atom is 0.203 e. The zero-order valence-electron chi connectivity index (χ0n) is 13.4. The summed E-state index contributed by atoms with van der Waals surface area (Å²) in [4.78, 5) is 3.06. The van der Waals surface area contributed by atoms with E-state index in [0.717, 1.165) is 22.2 Å². The van der Waals surface area contributed by atoms with Gasteiger partial charge in [-0.05, 0) is 42.0 Å². The van der Waals surface area contributed by atoms with Gasteiger partial charge in [0.1, 0.15) is 0 Å². The molecule has 0 spiro atoms. The van der Waals surface area contributed by atoms with Crippen LogP contribution in [0.25, 0.3) is 10.9 Å². The number of ether oxygens (including phenoxy) is 3. The summed E-state index contributed by atoms with van der Waals surface area (Å²) in [5, 5.41) is 4.53. The second-order valence-electron chi connectivity index (χ2n) is 5.10. The normalized spacial score (nSPS) is 10.6. The lowest BCUT2D eigenvalue weighted by molar-refractivity contribution is 0.324. The van der Waals surface area contributed by atoms with Crippen molar-refractivity contribution in [2.75, 3.05) is 26.6 Å². The molecule has 0 amide bonds. The minimum Gasteiger partial charge on any atom is -0.493 e. The monoisotopic (exact) mass is 311 g/mol. The average Bonchev–Trinajstić information content (AvgIpc) is 3.06. The Hall–Kier alpha value is -2.82. The van der Waals surface area contributed by atoms with Crippen molar-refractivity contribution in [3.63, 3.8) is 0 Å². The molecule has 2 aromatic carbocycles. The number of rotatable bonds is 6. The van der Waals surface area contributed by atoms with Gasteiger partial charge in [-0.25, -0.2) is 0 Å². The molecule has 0 fully saturated rings. The smallest absolute Gasteiger partial charge is 0.203 e. The number of H-pyrrole nitrogens is 1. The minimum atomic E-state index is 0.600. The van der Waals surface area contributed by atoms with E-state index < -0.39 is 0 Å². The van der Waals surface area contributed by atoms with E-state index in [4.69, 9.17) is 14.2 Å². The minimum absolute atomic E-state index is 0.600. The van der Waals surface area contributed by atoms with Crippen LogP contribution in [0.1, 0.15) is 5.56 Å². The van der Waals surface area contributed by atoms with Crippen LogP contribution in [0, 0.1) is 6.20 Å². The molecule has 0 atom stereocenters. The molecule has 0 aliphatic heterocycles. The first kappa shape index (κ1) is 15.1. The number of hydrogen-bond acceptors (Lipinski definition) is 4. The number of aromatic amines is 1. The van der Waals surface area contributed by atoms with Crippen LogP contribution in [-0.4, -0.2) is 26.3 Å². The molecule has 23 heavy (non-hydrogen) atoms. The van der Waals surface area contributed by atoms with Gasteiger partial charge in [0, 0.05) is 23.1 Å². The molecule has 5 nitrogen and oxygen atoms in total. The highest BCUT2D eigenvalue weighted by molar-refractivity contribution is 5.82.